The fourth-order valence-corrected chi connectivity index (χ4v) is 3.61. The van der Waals surface area contributed by atoms with Crippen molar-refractivity contribution in [2.24, 2.45) is 5.41 Å². The summed E-state index contributed by atoms with van der Waals surface area (Å²) in [5.41, 5.74) is -1.73. The Morgan fingerprint density at radius 3 is 2.64 bits per heavy atom. The molecule has 0 radical (unpaired) electrons. The van der Waals surface area contributed by atoms with E-state index in [1.807, 2.05) is 0 Å². The zero-order chi connectivity index (χ0) is 24.5. The van der Waals surface area contributed by atoms with E-state index in [0.29, 0.717) is 19.4 Å². The third kappa shape index (κ3) is 7.98. The SMILES string of the molecule is O=C(COC(CCn1ccc(=O)[nH]c1=O)C1(CCO)CCOC1)NCCNC(=O)C(F)(F)F. The Hall–Kier alpha value is -2.71. The van der Waals surface area contributed by atoms with Gasteiger partial charge in [0.2, 0.25) is 5.91 Å². The number of H-pyrrole nitrogens is 1. The normalized spacial score (nSPS) is 19.3. The van der Waals surface area contributed by atoms with Gasteiger partial charge in [0.15, 0.2) is 0 Å². The van der Waals surface area contributed by atoms with Gasteiger partial charge in [0, 0.05) is 50.5 Å². The molecule has 2 atom stereocenters. The molecular formula is C19H27F3N4O7. The molecule has 1 aliphatic heterocycles. The first-order valence-corrected chi connectivity index (χ1v) is 10.3. The molecule has 2 unspecified atom stereocenters. The van der Waals surface area contributed by atoms with Gasteiger partial charge in [0.05, 0.1) is 12.7 Å². The van der Waals surface area contributed by atoms with E-state index in [0.717, 1.165) is 0 Å². The molecule has 0 saturated carbocycles. The third-order valence-corrected chi connectivity index (χ3v) is 5.36. The van der Waals surface area contributed by atoms with Gasteiger partial charge in [-0.3, -0.25) is 19.4 Å². The minimum Gasteiger partial charge on any atom is -0.396 e. The molecule has 4 N–H and O–H groups in total. The molecule has 1 fully saturated rings. The van der Waals surface area contributed by atoms with E-state index < -0.39 is 53.9 Å². The Labute approximate surface area is 186 Å². The second-order valence-electron chi connectivity index (χ2n) is 7.63. The number of aryl methyl sites for hydroxylation is 1. The summed E-state index contributed by atoms with van der Waals surface area (Å²) in [6, 6.07) is 1.20. The van der Waals surface area contributed by atoms with E-state index in [1.54, 1.807) is 5.32 Å². The number of nitrogens with one attached hydrogen (secondary N) is 3. The maximum absolute atomic E-state index is 12.1. The first kappa shape index (κ1) is 26.5. The van der Waals surface area contributed by atoms with Crippen LogP contribution >= 0.6 is 0 Å². The highest BCUT2D eigenvalue weighted by molar-refractivity contribution is 5.81. The predicted octanol–water partition coefficient (Wildman–Crippen LogP) is -1.10. The Balaban J connectivity index is 1.94. The minimum atomic E-state index is -5.00. The van der Waals surface area contributed by atoms with Gasteiger partial charge in [0.1, 0.15) is 6.61 Å². The maximum Gasteiger partial charge on any atom is 0.471 e. The summed E-state index contributed by atoms with van der Waals surface area (Å²) in [7, 11) is 0. The number of aromatic amines is 1. The van der Waals surface area contributed by atoms with Crippen LogP contribution in [-0.4, -0.2) is 78.3 Å². The number of aliphatic hydroxyl groups is 1. The molecule has 1 aromatic rings. The van der Waals surface area contributed by atoms with Gasteiger partial charge in [-0.25, -0.2) is 4.79 Å². The highest BCUT2D eigenvalue weighted by Gasteiger charge is 2.43. The third-order valence-electron chi connectivity index (χ3n) is 5.36. The second-order valence-corrected chi connectivity index (χ2v) is 7.63. The number of aromatic nitrogens is 2. The molecule has 186 valence electrons. The number of aliphatic hydroxyl groups excluding tert-OH is 1. The molecule has 33 heavy (non-hydrogen) atoms. The first-order chi connectivity index (χ1) is 15.6. The molecule has 2 heterocycles. The smallest absolute Gasteiger partial charge is 0.396 e. The summed E-state index contributed by atoms with van der Waals surface area (Å²) >= 11 is 0. The maximum atomic E-state index is 12.1. The molecule has 1 saturated heterocycles. The van der Waals surface area contributed by atoms with Crippen molar-refractivity contribution in [1.29, 1.82) is 0 Å². The minimum absolute atomic E-state index is 0.146. The summed E-state index contributed by atoms with van der Waals surface area (Å²) in [4.78, 5) is 48.2. The molecule has 11 nitrogen and oxygen atoms in total. The number of halogens is 3. The largest absolute Gasteiger partial charge is 0.471 e. The van der Waals surface area contributed by atoms with Crippen LogP contribution < -0.4 is 21.9 Å². The Morgan fingerprint density at radius 2 is 2.03 bits per heavy atom. The lowest BCUT2D eigenvalue weighted by Gasteiger charge is -2.36. The number of hydrogen-bond donors (Lipinski definition) is 4. The topological polar surface area (TPSA) is 152 Å². The molecule has 1 aliphatic rings. The zero-order valence-electron chi connectivity index (χ0n) is 17.8. The summed E-state index contributed by atoms with van der Waals surface area (Å²) in [5.74, 6) is -2.71. The van der Waals surface area contributed by atoms with Gasteiger partial charge in [-0.1, -0.05) is 0 Å². The molecule has 2 amide bonds. The summed E-state index contributed by atoms with van der Waals surface area (Å²) in [5, 5.41) is 13.5. The van der Waals surface area contributed by atoms with Crippen molar-refractivity contribution >= 4 is 11.8 Å². The lowest BCUT2D eigenvalue weighted by Crippen LogP contribution is -2.44. The van der Waals surface area contributed by atoms with Crippen LogP contribution in [0.15, 0.2) is 21.9 Å². The monoisotopic (exact) mass is 480 g/mol. The van der Waals surface area contributed by atoms with E-state index in [4.69, 9.17) is 9.47 Å². The van der Waals surface area contributed by atoms with Gasteiger partial charge < -0.3 is 29.8 Å². The van der Waals surface area contributed by atoms with Crippen LogP contribution in [0.2, 0.25) is 0 Å². The Morgan fingerprint density at radius 1 is 1.30 bits per heavy atom. The summed E-state index contributed by atoms with van der Waals surface area (Å²) in [6.45, 7) is -0.332. The van der Waals surface area contributed by atoms with Crippen LogP contribution in [0.1, 0.15) is 19.3 Å². The highest BCUT2D eigenvalue weighted by Crippen LogP contribution is 2.39. The van der Waals surface area contributed by atoms with E-state index >= 15 is 0 Å². The number of carbonyl (C=O) groups is 2. The van der Waals surface area contributed by atoms with Gasteiger partial charge in [-0.15, -0.1) is 0 Å². The number of carbonyl (C=O) groups excluding carboxylic acids is 2. The van der Waals surface area contributed by atoms with Gasteiger partial charge in [-0.05, 0) is 19.3 Å². The van der Waals surface area contributed by atoms with Gasteiger partial charge >= 0.3 is 17.8 Å². The molecule has 1 aromatic heterocycles. The summed E-state index contributed by atoms with van der Waals surface area (Å²) < 4.78 is 49.0. The quantitative estimate of drug-likeness (QED) is 0.277. The van der Waals surface area contributed by atoms with Crippen molar-refractivity contribution in [3.63, 3.8) is 0 Å². The van der Waals surface area contributed by atoms with Crippen LogP contribution in [0.4, 0.5) is 13.2 Å². The molecule has 0 spiro atoms. The van der Waals surface area contributed by atoms with Crippen LogP contribution in [0, 0.1) is 5.41 Å². The fourth-order valence-electron chi connectivity index (χ4n) is 3.61. The number of amides is 2. The highest BCUT2D eigenvalue weighted by atomic mass is 19.4. The Kier molecular flexibility index (Phi) is 9.61. The first-order valence-electron chi connectivity index (χ1n) is 10.3. The van der Waals surface area contributed by atoms with Crippen molar-refractivity contribution in [2.75, 3.05) is 39.5 Å². The van der Waals surface area contributed by atoms with Crippen LogP contribution in [-0.2, 0) is 25.6 Å². The van der Waals surface area contributed by atoms with Crippen molar-refractivity contribution in [1.82, 2.24) is 20.2 Å². The van der Waals surface area contributed by atoms with Crippen molar-refractivity contribution in [3.8, 4) is 0 Å². The molecular weight excluding hydrogens is 453 g/mol. The van der Waals surface area contributed by atoms with Crippen molar-refractivity contribution < 1.29 is 37.3 Å². The number of nitrogens with zero attached hydrogens (tertiary/aromatic N) is 1. The van der Waals surface area contributed by atoms with Crippen molar-refractivity contribution in [3.05, 3.63) is 33.1 Å². The lowest BCUT2D eigenvalue weighted by atomic mass is 9.77. The standard InChI is InChI=1S/C19H27F3N4O7/c20-19(21,22)16(30)24-6-5-23-15(29)11-33-13(18(3-9-27)4-10-32-12-18)1-7-26-8-2-14(28)25-17(26)31/h2,8,13,27H,1,3-7,9-12H2,(H,23,29)(H,24,30)(H,25,28,31). The zero-order valence-corrected chi connectivity index (χ0v) is 17.8. The molecule has 0 bridgehead atoms. The average molecular weight is 480 g/mol. The number of alkyl halides is 3. The predicted molar refractivity (Wildman–Crippen MR) is 107 cm³/mol. The van der Waals surface area contributed by atoms with E-state index in [2.05, 4.69) is 10.3 Å². The number of ether oxygens (including phenoxy) is 2. The average Bonchev–Trinajstić information content (AvgIpc) is 3.21. The van der Waals surface area contributed by atoms with Crippen LogP contribution in [0.3, 0.4) is 0 Å². The van der Waals surface area contributed by atoms with E-state index in [-0.39, 0.29) is 32.7 Å². The Bertz CT molecular complexity index is 910. The van der Waals surface area contributed by atoms with Crippen LogP contribution in [0.5, 0.6) is 0 Å². The molecule has 2 rings (SSSR count). The van der Waals surface area contributed by atoms with Crippen LogP contribution in [0.25, 0.3) is 0 Å². The van der Waals surface area contributed by atoms with E-state index in [9.17, 15) is 37.5 Å². The number of rotatable bonds is 12. The molecule has 0 aliphatic carbocycles. The lowest BCUT2D eigenvalue weighted by molar-refractivity contribution is -0.173. The van der Waals surface area contributed by atoms with Gasteiger partial charge in [-0.2, -0.15) is 13.2 Å². The molecule has 0 aromatic carbocycles. The summed E-state index contributed by atoms with van der Waals surface area (Å²) in [6.07, 6.45) is -3.10. The fraction of sp³-hybridized carbons (Fsp3) is 0.684. The number of hydrogen-bond acceptors (Lipinski definition) is 7. The molecule has 14 heteroatoms. The van der Waals surface area contributed by atoms with Crippen molar-refractivity contribution in [2.45, 2.75) is 38.1 Å². The van der Waals surface area contributed by atoms with E-state index in [1.165, 1.54) is 16.8 Å². The van der Waals surface area contributed by atoms with Gasteiger partial charge in [0.25, 0.3) is 5.56 Å². The second kappa shape index (κ2) is 12.0.